The highest BCUT2D eigenvalue weighted by Crippen LogP contribution is 2.57. The van der Waals surface area contributed by atoms with Gasteiger partial charge in [0.25, 0.3) is 0 Å². The lowest BCUT2D eigenvalue weighted by molar-refractivity contribution is 0.169. The lowest BCUT2D eigenvalue weighted by atomic mass is 10.1. The molecule has 0 aliphatic rings. The van der Waals surface area contributed by atoms with Crippen molar-refractivity contribution in [2.24, 2.45) is 0 Å². The number of hydrogen-bond acceptors (Lipinski definition) is 3. The van der Waals surface area contributed by atoms with E-state index in [1.807, 2.05) is 0 Å². The van der Waals surface area contributed by atoms with Crippen molar-refractivity contribution in [3.8, 4) is 0 Å². The van der Waals surface area contributed by atoms with Gasteiger partial charge in [0.2, 0.25) is 0 Å². The van der Waals surface area contributed by atoms with Gasteiger partial charge in [-0.05, 0) is 25.7 Å². The summed E-state index contributed by atoms with van der Waals surface area (Å²) in [6.45, 7) is 8.10. The summed E-state index contributed by atoms with van der Waals surface area (Å²) in [6.07, 6.45) is 30.2. The van der Waals surface area contributed by atoms with Crippen LogP contribution in [0.15, 0.2) is 0 Å². The predicted molar refractivity (Wildman–Crippen MR) is 149 cm³/mol. The highest BCUT2D eigenvalue weighted by Gasteiger charge is 2.39. The largest absolute Gasteiger partial charge is 0.408 e. The van der Waals surface area contributed by atoms with Crippen LogP contribution in [0.2, 0.25) is 0 Å². The summed E-state index contributed by atoms with van der Waals surface area (Å²) in [7, 11) is -2.67. The van der Waals surface area contributed by atoms with E-state index in [4.69, 9.17) is 9.05 Å². The summed E-state index contributed by atoms with van der Waals surface area (Å²) in [4.78, 5) is 11.1. The van der Waals surface area contributed by atoms with Crippen LogP contribution in [-0.4, -0.2) is 24.3 Å². The summed E-state index contributed by atoms with van der Waals surface area (Å²) in [5.41, 5.74) is 0. The molecule has 0 amide bonds. The molecule has 0 saturated heterocycles. The Morgan fingerprint density at radius 2 is 0.667 bits per heavy atom. The van der Waals surface area contributed by atoms with E-state index < -0.39 is 7.94 Å². The number of rotatable bonds is 28. The van der Waals surface area contributed by atoms with Crippen LogP contribution in [0.4, 0.5) is 0 Å². The van der Waals surface area contributed by atoms with Gasteiger partial charge in [-0.25, -0.2) is 0 Å². The quantitative estimate of drug-likeness (QED) is 0.0877. The van der Waals surface area contributed by atoms with Crippen molar-refractivity contribution in [3.05, 3.63) is 0 Å². The zero-order chi connectivity index (χ0) is 24.3. The molecule has 33 heavy (non-hydrogen) atoms. The van der Waals surface area contributed by atoms with Gasteiger partial charge in [-0.1, -0.05) is 143 Å². The number of hydrogen-bond donors (Lipinski definition) is 1. The van der Waals surface area contributed by atoms with E-state index in [9.17, 15) is 4.89 Å². The standard InChI is InChI=1S/C29H62O3P/c1-4-7-10-13-16-17-18-19-20-23-26-29-33(30,31-27-24-21-14-11-8-5-2)32-28-25-22-15-12-9-6-3/h30H,4-29H2,1-3H3/q+1. The second-order valence-electron chi connectivity index (χ2n) is 10.1. The van der Waals surface area contributed by atoms with Crippen molar-refractivity contribution in [1.29, 1.82) is 0 Å². The molecule has 200 valence electrons. The van der Waals surface area contributed by atoms with Crippen LogP contribution in [0.5, 0.6) is 0 Å². The minimum Gasteiger partial charge on any atom is -0.193 e. The highest BCUT2D eigenvalue weighted by molar-refractivity contribution is 7.60. The minimum atomic E-state index is -2.67. The smallest absolute Gasteiger partial charge is 0.193 e. The molecule has 0 fully saturated rings. The maximum atomic E-state index is 11.1. The molecule has 0 aliphatic heterocycles. The van der Waals surface area contributed by atoms with E-state index in [1.54, 1.807) is 0 Å². The van der Waals surface area contributed by atoms with E-state index in [-0.39, 0.29) is 0 Å². The molecule has 0 aromatic heterocycles. The summed E-state index contributed by atoms with van der Waals surface area (Å²) in [5.74, 6) is 0. The maximum absolute atomic E-state index is 11.1. The summed E-state index contributed by atoms with van der Waals surface area (Å²) < 4.78 is 12.0. The third-order valence-corrected chi connectivity index (χ3v) is 8.68. The molecule has 0 heterocycles. The van der Waals surface area contributed by atoms with Crippen LogP contribution >= 0.6 is 7.94 Å². The molecular formula is C29H62O3P+. The molecule has 0 aromatic carbocycles. The molecule has 4 heteroatoms. The SMILES string of the molecule is CCCCCCCCCCCCC[P+](O)(OCCCCCCCC)OCCCCCCCC. The first-order valence-electron chi connectivity index (χ1n) is 15.1. The molecule has 0 aromatic rings. The average Bonchev–Trinajstić information content (AvgIpc) is 2.81. The summed E-state index contributed by atoms with van der Waals surface area (Å²) in [5, 5.41) is 0. The van der Waals surface area contributed by atoms with Gasteiger partial charge in [0.15, 0.2) is 0 Å². The minimum absolute atomic E-state index is 0.658. The third-order valence-electron chi connectivity index (χ3n) is 6.63. The second kappa shape index (κ2) is 26.9. The fraction of sp³-hybridized carbons (Fsp3) is 1.00. The molecule has 1 N–H and O–H groups in total. The predicted octanol–water partition coefficient (Wildman–Crippen LogP) is 10.8. The molecule has 0 spiro atoms. The van der Waals surface area contributed by atoms with Crippen molar-refractivity contribution in [1.82, 2.24) is 0 Å². The van der Waals surface area contributed by atoms with Gasteiger partial charge in [-0.2, -0.15) is 13.9 Å². The normalized spacial score (nSPS) is 12.0. The van der Waals surface area contributed by atoms with Crippen molar-refractivity contribution in [2.75, 3.05) is 19.4 Å². The first kappa shape index (κ1) is 33.3. The molecule has 0 atom stereocenters. The lowest BCUT2D eigenvalue weighted by Crippen LogP contribution is -2.09. The van der Waals surface area contributed by atoms with E-state index >= 15 is 0 Å². The van der Waals surface area contributed by atoms with Crippen LogP contribution in [0.25, 0.3) is 0 Å². The summed E-state index contributed by atoms with van der Waals surface area (Å²) in [6, 6.07) is 0. The molecular weight excluding hydrogens is 427 g/mol. The Labute approximate surface area is 209 Å². The molecule has 0 aliphatic carbocycles. The molecule has 0 saturated carbocycles. The van der Waals surface area contributed by atoms with Gasteiger partial charge in [-0.3, -0.25) is 0 Å². The van der Waals surface area contributed by atoms with Crippen molar-refractivity contribution < 1.29 is 13.9 Å². The van der Waals surface area contributed by atoms with Gasteiger partial charge in [0.05, 0.1) is 13.2 Å². The van der Waals surface area contributed by atoms with E-state index in [2.05, 4.69) is 20.8 Å². The Bertz CT molecular complexity index is 347. The Morgan fingerprint density at radius 1 is 0.394 bits per heavy atom. The molecule has 0 bridgehead atoms. The molecule has 0 rings (SSSR count). The zero-order valence-electron chi connectivity index (χ0n) is 23.1. The third kappa shape index (κ3) is 25.2. The second-order valence-corrected chi connectivity index (χ2v) is 12.3. The van der Waals surface area contributed by atoms with Crippen LogP contribution in [0.1, 0.15) is 168 Å². The molecule has 0 radical (unpaired) electrons. The first-order chi connectivity index (χ1) is 16.2. The van der Waals surface area contributed by atoms with Gasteiger partial charge in [0, 0.05) is 0 Å². The Morgan fingerprint density at radius 3 is 1.00 bits per heavy atom. The molecule has 0 unspecified atom stereocenters. The Balaban J connectivity index is 3.99. The van der Waals surface area contributed by atoms with Crippen molar-refractivity contribution in [2.45, 2.75) is 168 Å². The van der Waals surface area contributed by atoms with Crippen LogP contribution in [0, 0.1) is 0 Å². The van der Waals surface area contributed by atoms with Crippen LogP contribution < -0.4 is 0 Å². The van der Waals surface area contributed by atoms with Gasteiger partial charge < -0.3 is 0 Å². The van der Waals surface area contributed by atoms with Crippen LogP contribution in [0.3, 0.4) is 0 Å². The molecule has 3 nitrogen and oxygen atoms in total. The highest BCUT2D eigenvalue weighted by atomic mass is 31.2. The Kier molecular flexibility index (Phi) is 27.2. The summed E-state index contributed by atoms with van der Waals surface area (Å²) >= 11 is 0. The van der Waals surface area contributed by atoms with Crippen LogP contribution in [-0.2, 0) is 9.05 Å². The van der Waals surface area contributed by atoms with Gasteiger partial charge in [-0.15, -0.1) is 0 Å². The maximum Gasteiger partial charge on any atom is 0.408 e. The van der Waals surface area contributed by atoms with E-state index in [0.29, 0.717) is 13.2 Å². The van der Waals surface area contributed by atoms with Gasteiger partial charge >= 0.3 is 7.94 Å². The fourth-order valence-corrected chi connectivity index (χ4v) is 6.11. The fourth-order valence-electron chi connectivity index (χ4n) is 4.32. The Hall–Kier alpha value is 0.310. The van der Waals surface area contributed by atoms with E-state index in [0.717, 1.165) is 25.4 Å². The zero-order valence-corrected chi connectivity index (χ0v) is 24.0. The lowest BCUT2D eigenvalue weighted by Gasteiger charge is -2.17. The topological polar surface area (TPSA) is 38.7 Å². The van der Waals surface area contributed by atoms with Crippen molar-refractivity contribution >= 4 is 7.94 Å². The first-order valence-corrected chi connectivity index (χ1v) is 16.8. The number of unbranched alkanes of at least 4 members (excludes halogenated alkanes) is 20. The van der Waals surface area contributed by atoms with Crippen molar-refractivity contribution in [3.63, 3.8) is 0 Å². The average molecular weight is 490 g/mol. The van der Waals surface area contributed by atoms with Gasteiger partial charge in [0.1, 0.15) is 6.16 Å². The van der Waals surface area contributed by atoms with E-state index in [1.165, 1.54) is 128 Å². The monoisotopic (exact) mass is 489 g/mol.